The number of hydrogen-bond acceptors (Lipinski definition) is 4. The zero-order valence-corrected chi connectivity index (χ0v) is 9.74. The van der Waals surface area contributed by atoms with Crippen molar-refractivity contribution in [2.45, 2.75) is 9.79 Å². The summed E-state index contributed by atoms with van der Waals surface area (Å²) in [5.74, 6) is 0.159. The van der Waals surface area contributed by atoms with E-state index in [-0.39, 0.29) is 5.75 Å². The van der Waals surface area contributed by atoms with E-state index in [1.807, 2.05) is 12.1 Å². The van der Waals surface area contributed by atoms with Crippen LogP contribution in [0.3, 0.4) is 0 Å². The molecule has 2 aromatic rings. The second-order valence-electron chi connectivity index (χ2n) is 3.46. The SMILES string of the molecule is N#Cc1ccc(Sc2ccc(O)cc2N)cc1. The van der Waals surface area contributed by atoms with E-state index in [1.165, 1.54) is 17.8 Å². The summed E-state index contributed by atoms with van der Waals surface area (Å²) in [6.45, 7) is 0. The van der Waals surface area contributed by atoms with Gasteiger partial charge >= 0.3 is 0 Å². The minimum atomic E-state index is 0.159. The second-order valence-corrected chi connectivity index (χ2v) is 4.58. The van der Waals surface area contributed by atoms with Crippen molar-refractivity contribution < 1.29 is 5.11 Å². The van der Waals surface area contributed by atoms with Gasteiger partial charge in [0.25, 0.3) is 0 Å². The number of hydrogen-bond donors (Lipinski definition) is 2. The predicted octanol–water partition coefficient (Wildman–Crippen LogP) is 3.00. The molecule has 0 fully saturated rings. The molecule has 0 aromatic heterocycles. The number of nitrogen functional groups attached to an aromatic ring is 1. The number of phenolic OH excluding ortho intramolecular Hbond substituents is 1. The molecule has 0 radical (unpaired) electrons. The van der Waals surface area contributed by atoms with Gasteiger partial charge in [-0.25, -0.2) is 0 Å². The molecule has 4 heteroatoms. The summed E-state index contributed by atoms with van der Waals surface area (Å²) in [7, 11) is 0. The maximum absolute atomic E-state index is 9.25. The van der Waals surface area contributed by atoms with Crippen LogP contribution in [0, 0.1) is 11.3 Å². The molecule has 17 heavy (non-hydrogen) atoms. The van der Waals surface area contributed by atoms with E-state index in [9.17, 15) is 5.11 Å². The van der Waals surface area contributed by atoms with E-state index in [0.717, 1.165) is 9.79 Å². The Kier molecular flexibility index (Phi) is 3.22. The minimum Gasteiger partial charge on any atom is -0.508 e. The average Bonchev–Trinajstić information content (AvgIpc) is 2.34. The molecular formula is C13H10N2OS. The van der Waals surface area contributed by atoms with Gasteiger partial charge in [0, 0.05) is 21.5 Å². The molecule has 0 saturated heterocycles. The predicted molar refractivity (Wildman–Crippen MR) is 67.8 cm³/mol. The number of benzene rings is 2. The molecule has 0 bridgehead atoms. The van der Waals surface area contributed by atoms with Gasteiger partial charge in [-0.2, -0.15) is 5.26 Å². The first-order valence-electron chi connectivity index (χ1n) is 4.95. The fourth-order valence-electron chi connectivity index (χ4n) is 1.35. The van der Waals surface area contributed by atoms with Gasteiger partial charge in [-0.15, -0.1) is 0 Å². The van der Waals surface area contributed by atoms with Gasteiger partial charge in [0.1, 0.15) is 5.75 Å². The van der Waals surface area contributed by atoms with Gasteiger partial charge in [-0.05, 0) is 36.4 Å². The zero-order valence-electron chi connectivity index (χ0n) is 8.92. The molecule has 0 spiro atoms. The first kappa shape index (κ1) is 11.4. The van der Waals surface area contributed by atoms with Crippen molar-refractivity contribution in [1.82, 2.24) is 0 Å². The molecule has 0 saturated carbocycles. The molecule has 0 unspecified atom stereocenters. The smallest absolute Gasteiger partial charge is 0.117 e. The molecule has 3 N–H and O–H groups in total. The Morgan fingerprint density at radius 1 is 1.12 bits per heavy atom. The Balaban J connectivity index is 2.23. The molecule has 3 nitrogen and oxygen atoms in total. The Labute approximate surface area is 104 Å². The van der Waals surface area contributed by atoms with Gasteiger partial charge < -0.3 is 10.8 Å². The van der Waals surface area contributed by atoms with Crippen LogP contribution >= 0.6 is 11.8 Å². The second kappa shape index (κ2) is 4.81. The summed E-state index contributed by atoms with van der Waals surface area (Å²) in [4.78, 5) is 1.88. The third-order valence-electron chi connectivity index (χ3n) is 2.20. The standard InChI is InChI=1S/C13H10N2OS/c14-8-9-1-4-11(5-2-9)17-13-6-3-10(16)7-12(13)15/h1-7,16H,15H2. The molecule has 0 aliphatic carbocycles. The lowest BCUT2D eigenvalue weighted by Crippen LogP contribution is -1.87. The van der Waals surface area contributed by atoms with Crippen molar-refractivity contribution in [3.8, 4) is 11.8 Å². The van der Waals surface area contributed by atoms with Crippen LogP contribution < -0.4 is 5.73 Å². The monoisotopic (exact) mass is 242 g/mol. The van der Waals surface area contributed by atoms with Gasteiger partial charge in [-0.1, -0.05) is 11.8 Å². The van der Waals surface area contributed by atoms with Crippen LogP contribution in [0.4, 0.5) is 5.69 Å². The number of nitriles is 1. The van der Waals surface area contributed by atoms with Crippen molar-refractivity contribution in [3.05, 3.63) is 48.0 Å². The van der Waals surface area contributed by atoms with Crippen molar-refractivity contribution >= 4 is 17.4 Å². The Bertz CT molecular complexity index is 573. The Morgan fingerprint density at radius 2 is 1.82 bits per heavy atom. The molecule has 0 aliphatic rings. The van der Waals surface area contributed by atoms with Gasteiger partial charge in [0.15, 0.2) is 0 Å². The topological polar surface area (TPSA) is 70.0 Å². The van der Waals surface area contributed by atoms with Gasteiger partial charge in [-0.3, -0.25) is 0 Å². The fraction of sp³-hybridized carbons (Fsp3) is 0. The summed E-state index contributed by atoms with van der Waals surface area (Å²) in [5.41, 5.74) is 6.97. The first-order valence-corrected chi connectivity index (χ1v) is 5.77. The lowest BCUT2D eigenvalue weighted by atomic mass is 10.2. The van der Waals surface area contributed by atoms with E-state index in [2.05, 4.69) is 6.07 Å². The fourth-order valence-corrected chi connectivity index (χ4v) is 2.19. The highest BCUT2D eigenvalue weighted by Crippen LogP contribution is 2.33. The van der Waals surface area contributed by atoms with E-state index in [1.54, 1.807) is 24.3 Å². The van der Waals surface area contributed by atoms with Gasteiger partial charge in [0.05, 0.1) is 11.6 Å². The molecule has 0 aliphatic heterocycles. The number of nitrogens with zero attached hydrogens (tertiary/aromatic N) is 1. The normalized spacial score (nSPS) is 9.82. The minimum absolute atomic E-state index is 0.159. The molecule has 84 valence electrons. The maximum atomic E-state index is 9.25. The highest BCUT2D eigenvalue weighted by molar-refractivity contribution is 7.99. The van der Waals surface area contributed by atoms with E-state index in [0.29, 0.717) is 11.3 Å². The zero-order chi connectivity index (χ0) is 12.3. The number of rotatable bonds is 2. The summed E-state index contributed by atoms with van der Waals surface area (Å²) in [5, 5.41) is 17.9. The van der Waals surface area contributed by atoms with Crippen molar-refractivity contribution in [3.63, 3.8) is 0 Å². The number of nitrogens with two attached hydrogens (primary N) is 1. The molecule has 2 aromatic carbocycles. The molecule has 2 rings (SSSR count). The summed E-state index contributed by atoms with van der Waals surface area (Å²) >= 11 is 1.50. The van der Waals surface area contributed by atoms with Crippen molar-refractivity contribution in [2.75, 3.05) is 5.73 Å². The first-order chi connectivity index (χ1) is 8.19. The quantitative estimate of drug-likeness (QED) is 0.794. The van der Waals surface area contributed by atoms with Crippen LogP contribution in [-0.4, -0.2) is 5.11 Å². The third kappa shape index (κ3) is 2.71. The van der Waals surface area contributed by atoms with E-state index >= 15 is 0 Å². The molecular weight excluding hydrogens is 232 g/mol. The number of phenols is 1. The van der Waals surface area contributed by atoms with Crippen molar-refractivity contribution in [2.24, 2.45) is 0 Å². The lowest BCUT2D eigenvalue weighted by molar-refractivity contribution is 0.475. The highest BCUT2D eigenvalue weighted by Gasteiger charge is 2.03. The van der Waals surface area contributed by atoms with Crippen LogP contribution in [0.5, 0.6) is 5.75 Å². The van der Waals surface area contributed by atoms with Crippen LogP contribution in [0.15, 0.2) is 52.3 Å². The Morgan fingerprint density at radius 3 is 2.41 bits per heavy atom. The van der Waals surface area contributed by atoms with E-state index in [4.69, 9.17) is 11.0 Å². The maximum Gasteiger partial charge on any atom is 0.117 e. The highest BCUT2D eigenvalue weighted by atomic mass is 32.2. The van der Waals surface area contributed by atoms with Crippen LogP contribution in [0.1, 0.15) is 5.56 Å². The number of anilines is 1. The van der Waals surface area contributed by atoms with E-state index < -0.39 is 0 Å². The Hall–Kier alpha value is -2.12. The molecule has 0 atom stereocenters. The van der Waals surface area contributed by atoms with Gasteiger partial charge in [0.2, 0.25) is 0 Å². The van der Waals surface area contributed by atoms with Crippen LogP contribution in [0.2, 0.25) is 0 Å². The largest absolute Gasteiger partial charge is 0.508 e. The summed E-state index contributed by atoms with van der Waals surface area (Å²) in [6, 6.07) is 14.2. The lowest BCUT2D eigenvalue weighted by Gasteiger charge is -2.05. The van der Waals surface area contributed by atoms with Crippen molar-refractivity contribution in [1.29, 1.82) is 5.26 Å². The summed E-state index contributed by atoms with van der Waals surface area (Å²) in [6.07, 6.45) is 0. The molecule has 0 amide bonds. The van der Waals surface area contributed by atoms with Crippen LogP contribution in [-0.2, 0) is 0 Å². The van der Waals surface area contributed by atoms with Crippen LogP contribution in [0.25, 0.3) is 0 Å². The molecule has 0 heterocycles. The number of aromatic hydroxyl groups is 1. The summed E-state index contributed by atoms with van der Waals surface area (Å²) < 4.78 is 0. The third-order valence-corrected chi connectivity index (χ3v) is 3.30. The average molecular weight is 242 g/mol.